The normalized spacial score (nSPS) is 22.5. The number of benzene rings is 1. The number of aliphatic hydroxyl groups excluding tert-OH is 1. The molecular formula is C27H22Cl2N4O4S. The molecule has 2 saturated carbocycles. The standard InChI is InChI=1S/C27H22Cl2N4O4S/c28-19-7-30-8-20(29)22(19)24-16(25(37-32-24)12-1-2-12)4-3-15-17-9-33(10-18(15)17)27-31-23-14(11-34)5-13(26(35)36)6-21(23)38-27/h3-8,12,15,17-18,34H,1-2,9-11H2,(H,35,36)/b4-3+. The van der Waals surface area contributed by atoms with E-state index in [2.05, 4.69) is 27.2 Å². The number of halogens is 2. The fraction of sp³-hybridized carbons (Fsp3) is 0.333. The lowest BCUT2D eigenvalue weighted by Gasteiger charge is -2.17. The summed E-state index contributed by atoms with van der Waals surface area (Å²) in [5.41, 5.74) is 3.63. The van der Waals surface area contributed by atoms with Gasteiger partial charge in [0.15, 0.2) is 5.13 Å². The predicted molar refractivity (Wildman–Crippen MR) is 146 cm³/mol. The van der Waals surface area contributed by atoms with Crippen LogP contribution in [0.3, 0.4) is 0 Å². The van der Waals surface area contributed by atoms with Crippen molar-refractivity contribution in [1.29, 1.82) is 0 Å². The van der Waals surface area contributed by atoms with Crippen LogP contribution in [0.25, 0.3) is 27.6 Å². The number of hydrogen-bond donors (Lipinski definition) is 2. The number of aromatic carboxylic acids is 1. The largest absolute Gasteiger partial charge is 0.478 e. The fourth-order valence-electron chi connectivity index (χ4n) is 5.62. The van der Waals surface area contributed by atoms with Gasteiger partial charge in [-0.15, -0.1) is 0 Å². The molecule has 1 aliphatic heterocycles. The molecule has 4 heterocycles. The van der Waals surface area contributed by atoms with E-state index in [1.807, 2.05) is 0 Å². The number of nitrogens with zero attached hydrogens (tertiary/aromatic N) is 4. The number of hydrogen-bond acceptors (Lipinski definition) is 8. The van der Waals surface area contributed by atoms with Crippen LogP contribution in [0.2, 0.25) is 10.0 Å². The topological polar surface area (TPSA) is 113 Å². The second kappa shape index (κ2) is 9.05. The van der Waals surface area contributed by atoms with Crippen molar-refractivity contribution in [2.24, 2.45) is 17.8 Å². The summed E-state index contributed by atoms with van der Waals surface area (Å²) in [5.74, 6) is 1.75. The van der Waals surface area contributed by atoms with E-state index < -0.39 is 5.97 Å². The molecule has 1 saturated heterocycles. The van der Waals surface area contributed by atoms with E-state index >= 15 is 0 Å². The number of fused-ring (bicyclic) bond motifs is 2. The maximum atomic E-state index is 11.5. The Balaban J connectivity index is 1.11. The SMILES string of the molecule is O=C(O)c1cc(CO)c2nc(N3CC4C(/C=C/c5c(-c6c(Cl)cncc6Cl)noc5C5CC5)C4C3)sc2c1. The summed E-state index contributed by atoms with van der Waals surface area (Å²) in [6.45, 7) is 1.52. The van der Waals surface area contributed by atoms with Gasteiger partial charge in [-0.3, -0.25) is 4.98 Å². The minimum absolute atomic E-state index is 0.166. The molecule has 8 nitrogen and oxygen atoms in total. The second-order valence-corrected chi connectivity index (χ2v) is 12.0. The van der Waals surface area contributed by atoms with Crippen LogP contribution in [0.4, 0.5) is 5.13 Å². The lowest BCUT2D eigenvalue weighted by molar-refractivity contribution is 0.0697. The van der Waals surface area contributed by atoms with Gasteiger partial charge in [-0.2, -0.15) is 0 Å². The molecule has 3 aromatic heterocycles. The summed E-state index contributed by atoms with van der Waals surface area (Å²) in [5, 5.41) is 25.2. The Labute approximate surface area is 231 Å². The average molecular weight is 569 g/mol. The Hall–Kier alpha value is -2.98. The molecule has 7 rings (SSSR count). The number of aromatic nitrogens is 3. The maximum Gasteiger partial charge on any atom is 0.335 e. The summed E-state index contributed by atoms with van der Waals surface area (Å²) < 4.78 is 6.55. The number of pyridine rings is 1. The van der Waals surface area contributed by atoms with Gasteiger partial charge in [-0.1, -0.05) is 51.8 Å². The van der Waals surface area contributed by atoms with Crippen molar-refractivity contribution in [3.63, 3.8) is 0 Å². The number of thiazole rings is 1. The van der Waals surface area contributed by atoms with Crippen molar-refractivity contribution in [2.75, 3.05) is 18.0 Å². The van der Waals surface area contributed by atoms with Crippen LogP contribution in [0.1, 0.15) is 46.0 Å². The first-order chi connectivity index (χ1) is 18.4. The van der Waals surface area contributed by atoms with Crippen LogP contribution in [-0.4, -0.2) is 44.4 Å². The van der Waals surface area contributed by atoms with Gasteiger partial charge in [0.25, 0.3) is 0 Å². The number of aliphatic hydroxyl groups is 1. The molecule has 3 aliphatic rings. The number of piperidine rings is 1. The van der Waals surface area contributed by atoms with Gasteiger partial charge in [-0.05, 0) is 42.7 Å². The van der Waals surface area contributed by atoms with E-state index in [0.717, 1.165) is 47.1 Å². The third kappa shape index (κ3) is 4.00. The first kappa shape index (κ1) is 24.1. The van der Waals surface area contributed by atoms with Gasteiger partial charge >= 0.3 is 5.97 Å². The zero-order valence-corrected chi connectivity index (χ0v) is 22.3. The molecule has 0 spiro atoms. The number of anilines is 1. The molecular weight excluding hydrogens is 547 g/mol. The third-order valence-corrected chi connectivity index (χ3v) is 9.43. The Morgan fingerprint density at radius 2 is 1.92 bits per heavy atom. The summed E-state index contributed by atoms with van der Waals surface area (Å²) in [6, 6.07) is 3.13. The van der Waals surface area contributed by atoms with Gasteiger partial charge in [0.2, 0.25) is 0 Å². The molecule has 194 valence electrons. The Bertz CT molecular complexity index is 1600. The van der Waals surface area contributed by atoms with E-state index in [4.69, 9.17) is 32.7 Å². The summed E-state index contributed by atoms with van der Waals surface area (Å²) in [4.78, 5) is 22.5. The Morgan fingerprint density at radius 3 is 2.58 bits per heavy atom. The molecule has 0 radical (unpaired) electrons. The molecule has 2 N–H and O–H groups in total. The quantitative estimate of drug-likeness (QED) is 0.274. The third-order valence-electron chi connectivity index (χ3n) is 7.79. The molecule has 2 unspecified atom stereocenters. The molecule has 4 aromatic rings. The zero-order chi connectivity index (χ0) is 26.1. The minimum Gasteiger partial charge on any atom is -0.478 e. The first-order valence-corrected chi connectivity index (χ1v) is 14.0. The van der Waals surface area contributed by atoms with Crippen molar-refractivity contribution >= 4 is 61.9 Å². The summed E-state index contributed by atoms with van der Waals surface area (Å²) >= 11 is 14.3. The highest BCUT2D eigenvalue weighted by Crippen LogP contribution is 2.55. The number of rotatable bonds is 7. The Kier molecular flexibility index (Phi) is 5.74. The number of carboxylic acids is 1. The minimum atomic E-state index is -1.01. The van der Waals surface area contributed by atoms with E-state index in [9.17, 15) is 15.0 Å². The van der Waals surface area contributed by atoms with Gasteiger partial charge in [0.05, 0.1) is 32.4 Å². The fourth-order valence-corrected chi connectivity index (χ4v) is 7.23. The second-order valence-electron chi connectivity index (χ2n) is 10.2. The molecule has 38 heavy (non-hydrogen) atoms. The van der Waals surface area contributed by atoms with Crippen LogP contribution in [0, 0.1) is 17.8 Å². The smallest absolute Gasteiger partial charge is 0.335 e. The van der Waals surface area contributed by atoms with Crippen LogP contribution < -0.4 is 4.90 Å². The summed E-state index contributed by atoms with van der Waals surface area (Å²) in [7, 11) is 0. The number of carboxylic acid groups (broad SMARTS) is 1. The van der Waals surface area contributed by atoms with E-state index in [1.54, 1.807) is 18.5 Å². The van der Waals surface area contributed by atoms with Crippen molar-refractivity contribution in [1.82, 2.24) is 15.1 Å². The van der Waals surface area contributed by atoms with E-state index in [0.29, 0.717) is 56.1 Å². The molecule has 3 fully saturated rings. The average Bonchev–Trinajstić information content (AvgIpc) is 3.66. The van der Waals surface area contributed by atoms with Crippen molar-refractivity contribution in [3.05, 3.63) is 63.1 Å². The lowest BCUT2D eigenvalue weighted by Crippen LogP contribution is -2.23. The highest BCUT2D eigenvalue weighted by molar-refractivity contribution is 7.22. The number of carbonyl (C=O) groups is 1. The van der Waals surface area contributed by atoms with Crippen molar-refractivity contribution < 1.29 is 19.5 Å². The predicted octanol–water partition coefficient (Wildman–Crippen LogP) is 6.12. The van der Waals surface area contributed by atoms with Gasteiger partial charge < -0.3 is 19.6 Å². The van der Waals surface area contributed by atoms with Crippen LogP contribution in [0.15, 0.2) is 35.1 Å². The zero-order valence-electron chi connectivity index (χ0n) is 20.0. The van der Waals surface area contributed by atoms with Gasteiger partial charge in [0.1, 0.15) is 11.5 Å². The van der Waals surface area contributed by atoms with Crippen LogP contribution in [-0.2, 0) is 6.61 Å². The molecule has 2 atom stereocenters. The summed E-state index contributed by atoms with van der Waals surface area (Å²) in [6.07, 6.45) is 9.69. The highest BCUT2D eigenvalue weighted by Gasteiger charge is 2.54. The van der Waals surface area contributed by atoms with Crippen LogP contribution >= 0.6 is 34.5 Å². The van der Waals surface area contributed by atoms with Crippen LogP contribution in [0.5, 0.6) is 0 Å². The van der Waals surface area contributed by atoms with Crippen molar-refractivity contribution in [2.45, 2.75) is 25.4 Å². The van der Waals surface area contributed by atoms with Gasteiger partial charge in [-0.25, -0.2) is 9.78 Å². The Morgan fingerprint density at radius 1 is 1.18 bits per heavy atom. The van der Waals surface area contributed by atoms with E-state index in [-0.39, 0.29) is 12.2 Å². The van der Waals surface area contributed by atoms with E-state index in [1.165, 1.54) is 17.4 Å². The molecule has 11 heteroatoms. The first-order valence-electron chi connectivity index (χ1n) is 12.4. The highest BCUT2D eigenvalue weighted by atomic mass is 35.5. The van der Waals surface area contributed by atoms with Crippen molar-refractivity contribution in [3.8, 4) is 11.3 Å². The van der Waals surface area contributed by atoms with Gasteiger partial charge in [0, 0.05) is 48.1 Å². The maximum absolute atomic E-state index is 11.5. The molecule has 1 aromatic carbocycles. The molecule has 0 amide bonds. The molecule has 0 bridgehead atoms. The number of allylic oxidation sites excluding steroid dienone is 1. The molecule has 2 aliphatic carbocycles. The lowest BCUT2D eigenvalue weighted by atomic mass is 10.0. The monoisotopic (exact) mass is 568 g/mol.